The molecule has 2 aliphatic heterocycles. The highest BCUT2D eigenvalue weighted by Gasteiger charge is 2.20. The van der Waals surface area contributed by atoms with E-state index in [9.17, 15) is 4.79 Å². The molecule has 5 nitrogen and oxygen atoms in total. The molecule has 0 saturated carbocycles. The fourth-order valence-electron chi connectivity index (χ4n) is 1.78. The molecule has 0 aromatic rings. The lowest BCUT2D eigenvalue weighted by molar-refractivity contribution is -0.133. The molecule has 1 fully saturated rings. The second-order valence-corrected chi connectivity index (χ2v) is 3.64. The minimum absolute atomic E-state index is 0.441. The smallest absolute Gasteiger partial charge is 0.333 e. The molecule has 0 bridgehead atoms. The summed E-state index contributed by atoms with van der Waals surface area (Å²) in [5.74, 6) is -0.834. The highest BCUT2D eigenvalue weighted by molar-refractivity contribution is 5.87. The number of rotatable bonds is 2. The molecule has 82 valence electrons. The number of aliphatic carboxylic acids is 1. The number of hydrogen-bond acceptors (Lipinski definition) is 4. The second kappa shape index (κ2) is 4.46. The summed E-state index contributed by atoms with van der Waals surface area (Å²) in [6.07, 6.45) is 5.37. The Morgan fingerprint density at radius 1 is 1.40 bits per heavy atom. The lowest BCUT2D eigenvalue weighted by atomic mass is 10.2. The minimum atomic E-state index is -0.834. The van der Waals surface area contributed by atoms with Crippen LogP contribution in [-0.4, -0.2) is 53.8 Å². The van der Waals surface area contributed by atoms with E-state index in [1.165, 1.54) is 0 Å². The quantitative estimate of drug-likeness (QED) is 0.651. The number of hydrogen-bond donors (Lipinski definition) is 2. The number of carboxylic acids is 1. The van der Waals surface area contributed by atoms with Gasteiger partial charge in [-0.1, -0.05) is 0 Å². The fourth-order valence-corrected chi connectivity index (χ4v) is 1.78. The Labute approximate surface area is 88.6 Å². The lowest BCUT2D eigenvalue weighted by Crippen LogP contribution is -2.51. The molecule has 2 rings (SSSR count). The van der Waals surface area contributed by atoms with Crippen LogP contribution in [0.4, 0.5) is 0 Å². The molecular formula is C10H15N3O2. The number of nitrogens with zero attached hydrogens (tertiary/aromatic N) is 2. The Morgan fingerprint density at radius 2 is 2.13 bits per heavy atom. The zero-order valence-corrected chi connectivity index (χ0v) is 8.52. The summed E-state index contributed by atoms with van der Waals surface area (Å²) < 4.78 is 0. The van der Waals surface area contributed by atoms with Gasteiger partial charge >= 0.3 is 5.97 Å². The molecule has 0 spiro atoms. The summed E-state index contributed by atoms with van der Waals surface area (Å²) in [5, 5.41) is 16.3. The molecule has 0 aromatic heterocycles. The lowest BCUT2D eigenvalue weighted by Gasteiger charge is -2.38. The fraction of sp³-hybridized carbons (Fsp3) is 0.500. The second-order valence-electron chi connectivity index (χ2n) is 3.64. The molecule has 0 aromatic carbocycles. The third-order valence-corrected chi connectivity index (χ3v) is 2.62. The van der Waals surface area contributed by atoms with E-state index in [0.717, 1.165) is 26.2 Å². The van der Waals surface area contributed by atoms with E-state index in [1.807, 2.05) is 11.2 Å². The highest BCUT2D eigenvalue weighted by Crippen LogP contribution is 2.11. The van der Waals surface area contributed by atoms with E-state index in [1.54, 1.807) is 12.2 Å². The van der Waals surface area contributed by atoms with Gasteiger partial charge in [0.15, 0.2) is 0 Å². The van der Waals surface area contributed by atoms with Gasteiger partial charge < -0.3 is 15.4 Å². The standard InChI is InChI=1S/C10H15N3O2/c14-10(15)9-2-1-5-13(8-9)12-6-3-11-4-7-12/h1-2,5,11H,3-4,6-8H2,(H,14,15). The van der Waals surface area contributed by atoms with Crippen LogP contribution in [0.25, 0.3) is 0 Å². The van der Waals surface area contributed by atoms with Crippen molar-refractivity contribution >= 4 is 5.97 Å². The van der Waals surface area contributed by atoms with Gasteiger partial charge in [-0.25, -0.2) is 9.80 Å². The summed E-state index contributed by atoms with van der Waals surface area (Å²) in [6.45, 7) is 4.23. The Bertz CT molecular complexity index is 306. The van der Waals surface area contributed by atoms with Gasteiger partial charge in [-0.05, 0) is 12.2 Å². The number of nitrogens with one attached hydrogen (secondary N) is 1. The Kier molecular flexibility index (Phi) is 3.03. The number of allylic oxidation sites excluding steroid dienone is 2. The summed E-state index contributed by atoms with van der Waals surface area (Å²) >= 11 is 0. The van der Waals surface area contributed by atoms with Gasteiger partial charge in [-0.2, -0.15) is 0 Å². The van der Waals surface area contributed by atoms with Crippen molar-refractivity contribution < 1.29 is 9.90 Å². The topological polar surface area (TPSA) is 55.8 Å². The summed E-state index contributed by atoms with van der Waals surface area (Å²) in [7, 11) is 0. The van der Waals surface area contributed by atoms with Gasteiger partial charge in [0, 0.05) is 32.4 Å². The molecule has 0 amide bonds. The SMILES string of the molecule is O=C(O)C1=CC=CN(N2CCNCC2)C1. The third-order valence-electron chi connectivity index (χ3n) is 2.62. The Hall–Kier alpha value is -1.33. The average Bonchev–Trinajstić information content (AvgIpc) is 2.30. The first kappa shape index (κ1) is 10.2. The normalized spacial score (nSPS) is 22.7. The summed E-state index contributed by atoms with van der Waals surface area (Å²) in [6, 6.07) is 0. The van der Waals surface area contributed by atoms with Crippen molar-refractivity contribution in [3.63, 3.8) is 0 Å². The van der Waals surface area contributed by atoms with Gasteiger partial charge in [-0.3, -0.25) is 0 Å². The Morgan fingerprint density at radius 3 is 2.80 bits per heavy atom. The van der Waals surface area contributed by atoms with E-state index in [2.05, 4.69) is 10.3 Å². The molecule has 0 atom stereocenters. The first-order valence-electron chi connectivity index (χ1n) is 5.10. The predicted molar refractivity (Wildman–Crippen MR) is 56.0 cm³/mol. The molecule has 0 radical (unpaired) electrons. The van der Waals surface area contributed by atoms with Gasteiger partial charge in [0.05, 0.1) is 12.1 Å². The third kappa shape index (κ3) is 2.37. The van der Waals surface area contributed by atoms with Gasteiger partial charge in [-0.15, -0.1) is 0 Å². The van der Waals surface area contributed by atoms with Gasteiger partial charge in [0.1, 0.15) is 0 Å². The molecule has 15 heavy (non-hydrogen) atoms. The Balaban J connectivity index is 1.98. The maximum atomic E-state index is 10.8. The van der Waals surface area contributed by atoms with Crippen LogP contribution in [0.3, 0.4) is 0 Å². The van der Waals surface area contributed by atoms with Crippen LogP contribution in [0.15, 0.2) is 23.9 Å². The number of hydrazine groups is 1. The number of carbonyl (C=O) groups is 1. The minimum Gasteiger partial charge on any atom is -0.478 e. The van der Waals surface area contributed by atoms with E-state index < -0.39 is 5.97 Å². The predicted octanol–water partition coefficient (Wildman–Crippen LogP) is -0.353. The van der Waals surface area contributed by atoms with Crippen molar-refractivity contribution in [1.82, 2.24) is 15.3 Å². The largest absolute Gasteiger partial charge is 0.478 e. The van der Waals surface area contributed by atoms with Crippen LogP contribution in [0.2, 0.25) is 0 Å². The maximum absolute atomic E-state index is 10.8. The van der Waals surface area contributed by atoms with Crippen LogP contribution in [0, 0.1) is 0 Å². The van der Waals surface area contributed by atoms with Gasteiger partial charge in [0.25, 0.3) is 0 Å². The molecule has 0 unspecified atom stereocenters. The maximum Gasteiger partial charge on any atom is 0.333 e. The van der Waals surface area contributed by atoms with Crippen LogP contribution < -0.4 is 5.32 Å². The average molecular weight is 209 g/mol. The van der Waals surface area contributed by atoms with E-state index in [-0.39, 0.29) is 0 Å². The monoisotopic (exact) mass is 209 g/mol. The molecule has 2 N–H and O–H groups in total. The zero-order valence-electron chi connectivity index (χ0n) is 8.52. The van der Waals surface area contributed by atoms with Crippen molar-refractivity contribution in [3.05, 3.63) is 23.9 Å². The van der Waals surface area contributed by atoms with E-state index in [4.69, 9.17) is 5.11 Å². The van der Waals surface area contributed by atoms with Crippen molar-refractivity contribution in [2.24, 2.45) is 0 Å². The molecule has 1 saturated heterocycles. The van der Waals surface area contributed by atoms with Crippen LogP contribution in [0.1, 0.15) is 0 Å². The molecular weight excluding hydrogens is 194 g/mol. The van der Waals surface area contributed by atoms with E-state index >= 15 is 0 Å². The van der Waals surface area contributed by atoms with Crippen molar-refractivity contribution in [2.45, 2.75) is 0 Å². The number of piperazine rings is 1. The first-order chi connectivity index (χ1) is 7.27. The first-order valence-corrected chi connectivity index (χ1v) is 5.10. The van der Waals surface area contributed by atoms with Crippen LogP contribution >= 0.6 is 0 Å². The molecule has 0 aliphatic carbocycles. The highest BCUT2D eigenvalue weighted by atomic mass is 16.4. The van der Waals surface area contributed by atoms with Crippen molar-refractivity contribution in [3.8, 4) is 0 Å². The summed E-state index contributed by atoms with van der Waals surface area (Å²) in [4.78, 5) is 10.8. The van der Waals surface area contributed by atoms with Crippen LogP contribution in [-0.2, 0) is 4.79 Å². The van der Waals surface area contributed by atoms with E-state index in [0.29, 0.717) is 12.1 Å². The van der Waals surface area contributed by atoms with Gasteiger partial charge in [0.2, 0.25) is 0 Å². The zero-order chi connectivity index (χ0) is 10.7. The molecule has 5 heteroatoms. The number of carboxylic acid groups (broad SMARTS) is 1. The molecule has 2 aliphatic rings. The van der Waals surface area contributed by atoms with Crippen LogP contribution in [0.5, 0.6) is 0 Å². The van der Waals surface area contributed by atoms with Crippen molar-refractivity contribution in [1.29, 1.82) is 0 Å². The summed E-state index contributed by atoms with van der Waals surface area (Å²) in [5.41, 5.74) is 0.441. The van der Waals surface area contributed by atoms with Crippen molar-refractivity contribution in [2.75, 3.05) is 32.7 Å². The molecule has 2 heterocycles.